The first kappa shape index (κ1) is 21.4. The van der Waals surface area contributed by atoms with E-state index in [1.165, 1.54) is 24.3 Å². The third kappa shape index (κ3) is 5.21. The highest BCUT2D eigenvalue weighted by Crippen LogP contribution is 2.20. The third-order valence-corrected chi connectivity index (χ3v) is 5.97. The normalized spacial score (nSPS) is 11.2. The number of nitrogens with one attached hydrogen (secondary N) is 1. The molecule has 0 spiro atoms. The fourth-order valence-electron chi connectivity index (χ4n) is 2.82. The van der Waals surface area contributed by atoms with E-state index in [0.29, 0.717) is 24.1 Å². The molecule has 30 heavy (non-hydrogen) atoms. The van der Waals surface area contributed by atoms with Gasteiger partial charge in [-0.05, 0) is 55.0 Å². The van der Waals surface area contributed by atoms with Gasteiger partial charge >= 0.3 is 0 Å². The van der Waals surface area contributed by atoms with Gasteiger partial charge in [0.1, 0.15) is 5.82 Å². The average Bonchev–Trinajstić information content (AvgIpc) is 2.74. The van der Waals surface area contributed by atoms with E-state index in [9.17, 15) is 17.6 Å². The summed E-state index contributed by atoms with van der Waals surface area (Å²) in [7, 11) is -2.31. The summed E-state index contributed by atoms with van der Waals surface area (Å²) in [6.45, 7) is 2.02. The van der Waals surface area contributed by atoms with Crippen molar-refractivity contribution < 1.29 is 17.6 Å². The lowest BCUT2D eigenvalue weighted by molar-refractivity contribution is 0.0796. The molecule has 0 aliphatic carbocycles. The van der Waals surface area contributed by atoms with Gasteiger partial charge in [-0.25, -0.2) is 12.8 Å². The van der Waals surface area contributed by atoms with Crippen LogP contribution in [0.1, 0.15) is 21.6 Å². The summed E-state index contributed by atoms with van der Waals surface area (Å²) in [5, 5.41) is 0. The van der Waals surface area contributed by atoms with Crippen molar-refractivity contribution in [2.24, 2.45) is 0 Å². The number of benzene rings is 2. The van der Waals surface area contributed by atoms with Crippen molar-refractivity contribution in [1.29, 1.82) is 0 Å². The molecule has 0 aliphatic heterocycles. The predicted molar refractivity (Wildman–Crippen MR) is 113 cm³/mol. The van der Waals surface area contributed by atoms with E-state index in [2.05, 4.69) is 9.71 Å². The Balaban J connectivity index is 1.71. The number of pyridine rings is 1. The lowest BCUT2D eigenvalue weighted by Crippen LogP contribution is -2.29. The van der Waals surface area contributed by atoms with Crippen LogP contribution in [0, 0.1) is 12.7 Å². The number of amides is 1. The Kier molecular flexibility index (Phi) is 6.47. The maximum atomic E-state index is 13.8. The number of aromatic nitrogens is 1. The highest BCUT2D eigenvalue weighted by molar-refractivity contribution is 7.92. The summed E-state index contributed by atoms with van der Waals surface area (Å²) in [5.41, 5.74) is 1.80. The van der Waals surface area contributed by atoms with E-state index in [1.807, 2.05) is 18.2 Å². The lowest BCUT2D eigenvalue weighted by Gasteiger charge is -2.17. The van der Waals surface area contributed by atoms with Gasteiger partial charge < -0.3 is 4.90 Å². The number of carbonyl (C=O) groups is 1. The second kappa shape index (κ2) is 9.04. The van der Waals surface area contributed by atoms with Crippen molar-refractivity contribution in [2.75, 3.05) is 18.3 Å². The summed E-state index contributed by atoms with van der Waals surface area (Å²) < 4.78 is 41.3. The molecule has 0 atom stereocenters. The minimum Gasteiger partial charge on any atom is -0.341 e. The fraction of sp³-hybridized carbons (Fsp3) is 0.182. The van der Waals surface area contributed by atoms with Crippen LogP contribution in [0.25, 0.3) is 0 Å². The second-order valence-electron chi connectivity index (χ2n) is 6.90. The van der Waals surface area contributed by atoms with Crippen molar-refractivity contribution in [3.05, 3.63) is 89.5 Å². The third-order valence-electron chi connectivity index (χ3n) is 4.59. The first-order valence-corrected chi connectivity index (χ1v) is 10.8. The zero-order chi connectivity index (χ0) is 21.7. The second-order valence-corrected chi connectivity index (χ2v) is 8.58. The number of halogens is 1. The van der Waals surface area contributed by atoms with Crippen molar-refractivity contribution in [3.63, 3.8) is 0 Å². The van der Waals surface area contributed by atoms with Gasteiger partial charge in [-0.2, -0.15) is 0 Å². The summed E-state index contributed by atoms with van der Waals surface area (Å²) in [6.07, 6.45) is 2.31. The van der Waals surface area contributed by atoms with Crippen LogP contribution in [0.5, 0.6) is 0 Å². The van der Waals surface area contributed by atoms with Gasteiger partial charge in [0.15, 0.2) is 0 Å². The van der Waals surface area contributed by atoms with Gasteiger partial charge in [0, 0.05) is 43.2 Å². The van der Waals surface area contributed by atoms with E-state index in [4.69, 9.17) is 0 Å². The molecule has 2 aromatic carbocycles. The number of sulfonamides is 1. The van der Waals surface area contributed by atoms with Crippen LogP contribution in [0.4, 0.5) is 10.1 Å². The number of hydrogen-bond donors (Lipinski definition) is 1. The molecule has 6 nitrogen and oxygen atoms in total. The molecule has 1 aromatic heterocycles. The van der Waals surface area contributed by atoms with Gasteiger partial charge in [-0.1, -0.05) is 18.2 Å². The SMILES string of the molecule is Cc1ccc(S(=O)(=O)Nc2cccc(C(=O)N(C)CCc3ccccn3)c2)cc1F. The molecule has 0 saturated carbocycles. The number of likely N-dealkylation sites (N-methyl/N-ethyl adjacent to an activating group) is 1. The summed E-state index contributed by atoms with van der Waals surface area (Å²) in [4.78, 5) is 18.3. The van der Waals surface area contributed by atoms with E-state index in [0.717, 1.165) is 11.8 Å². The van der Waals surface area contributed by atoms with E-state index < -0.39 is 15.8 Å². The lowest BCUT2D eigenvalue weighted by atomic mass is 10.1. The first-order chi connectivity index (χ1) is 14.3. The summed E-state index contributed by atoms with van der Waals surface area (Å²) in [5.74, 6) is -0.843. The molecule has 0 bridgehead atoms. The molecule has 8 heteroatoms. The van der Waals surface area contributed by atoms with Crippen LogP contribution in [-0.4, -0.2) is 37.8 Å². The standard InChI is InChI=1S/C22H22FN3O3S/c1-16-9-10-20(15-21(16)23)30(28,29)25-19-8-5-6-17(14-19)22(27)26(2)13-11-18-7-3-4-12-24-18/h3-10,12,14-15,25H,11,13H2,1-2H3. The van der Waals surface area contributed by atoms with E-state index in [-0.39, 0.29) is 16.5 Å². The predicted octanol–water partition coefficient (Wildman–Crippen LogP) is 3.64. The van der Waals surface area contributed by atoms with Crippen molar-refractivity contribution in [3.8, 4) is 0 Å². The Morgan fingerprint density at radius 2 is 1.90 bits per heavy atom. The van der Waals surface area contributed by atoms with Crippen LogP contribution < -0.4 is 4.72 Å². The number of rotatable bonds is 7. The molecule has 0 saturated heterocycles. The van der Waals surface area contributed by atoms with Crippen LogP contribution in [-0.2, 0) is 16.4 Å². The average molecular weight is 428 g/mol. The molecule has 1 amide bonds. The molecule has 3 aromatic rings. The smallest absolute Gasteiger partial charge is 0.261 e. The van der Waals surface area contributed by atoms with Crippen LogP contribution in [0.15, 0.2) is 71.8 Å². The van der Waals surface area contributed by atoms with Gasteiger partial charge in [-0.15, -0.1) is 0 Å². The molecule has 0 aliphatic rings. The first-order valence-electron chi connectivity index (χ1n) is 9.31. The van der Waals surface area contributed by atoms with E-state index in [1.54, 1.807) is 37.2 Å². The molecule has 0 fully saturated rings. The number of carbonyl (C=O) groups excluding carboxylic acids is 1. The Morgan fingerprint density at radius 1 is 1.10 bits per heavy atom. The minimum absolute atomic E-state index is 0.185. The van der Waals surface area contributed by atoms with Crippen LogP contribution >= 0.6 is 0 Å². The Labute approximate surface area is 175 Å². The number of anilines is 1. The summed E-state index contributed by atoms with van der Waals surface area (Å²) in [6, 6.07) is 15.5. The highest BCUT2D eigenvalue weighted by Gasteiger charge is 2.18. The molecule has 156 valence electrons. The quantitative estimate of drug-likeness (QED) is 0.624. The van der Waals surface area contributed by atoms with Crippen molar-refractivity contribution >= 4 is 21.6 Å². The van der Waals surface area contributed by atoms with Gasteiger partial charge in [-0.3, -0.25) is 14.5 Å². The number of nitrogens with zero attached hydrogens (tertiary/aromatic N) is 2. The van der Waals surface area contributed by atoms with Crippen molar-refractivity contribution in [2.45, 2.75) is 18.2 Å². The zero-order valence-electron chi connectivity index (χ0n) is 16.7. The largest absolute Gasteiger partial charge is 0.341 e. The Morgan fingerprint density at radius 3 is 2.60 bits per heavy atom. The number of aryl methyl sites for hydroxylation is 1. The van der Waals surface area contributed by atoms with Crippen LogP contribution in [0.3, 0.4) is 0 Å². The molecule has 0 unspecified atom stereocenters. The highest BCUT2D eigenvalue weighted by atomic mass is 32.2. The minimum atomic E-state index is -3.98. The van der Waals surface area contributed by atoms with E-state index >= 15 is 0 Å². The maximum Gasteiger partial charge on any atom is 0.261 e. The molecule has 0 radical (unpaired) electrons. The molecular weight excluding hydrogens is 405 g/mol. The van der Waals surface area contributed by atoms with Crippen LogP contribution in [0.2, 0.25) is 0 Å². The topological polar surface area (TPSA) is 79.4 Å². The summed E-state index contributed by atoms with van der Waals surface area (Å²) >= 11 is 0. The fourth-order valence-corrected chi connectivity index (χ4v) is 3.88. The monoisotopic (exact) mass is 427 g/mol. The molecule has 1 N–H and O–H groups in total. The maximum absolute atomic E-state index is 13.8. The van der Waals surface area contributed by atoms with Gasteiger partial charge in [0.05, 0.1) is 4.90 Å². The molecule has 1 heterocycles. The Bertz CT molecular complexity index is 1150. The molecular formula is C22H22FN3O3S. The number of hydrogen-bond acceptors (Lipinski definition) is 4. The van der Waals surface area contributed by atoms with Gasteiger partial charge in [0.25, 0.3) is 15.9 Å². The van der Waals surface area contributed by atoms with Gasteiger partial charge in [0.2, 0.25) is 0 Å². The molecule has 3 rings (SSSR count). The Hall–Kier alpha value is -3.26. The van der Waals surface area contributed by atoms with Crippen molar-refractivity contribution in [1.82, 2.24) is 9.88 Å². The zero-order valence-corrected chi connectivity index (χ0v) is 17.5.